The minimum absolute atomic E-state index is 0.218. The number of hydrogen-bond acceptors (Lipinski definition) is 3. The number of methoxy groups -OCH3 is 1. The highest BCUT2D eigenvalue weighted by Gasteiger charge is 2.16. The average Bonchev–Trinajstić information content (AvgIpc) is 2.24. The molecule has 0 atom stereocenters. The largest absolute Gasteiger partial charge is 0.494 e. The molecule has 0 spiro atoms. The molecular weight excluding hydrogens is 225 g/mol. The van der Waals surface area contributed by atoms with Gasteiger partial charge in [-0.15, -0.1) is 0 Å². The molecule has 0 unspecified atom stereocenters. The second-order valence-corrected chi connectivity index (χ2v) is 5.00. The zero-order valence-electron chi connectivity index (χ0n) is 9.33. The minimum atomic E-state index is -0.218. The molecule has 1 heterocycles. The summed E-state index contributed by atoms with van der Waals surface area (Å²) in [5, 5.41) is 3.23. The van der Waals surface area contributed by atoms with Crippen molar-refractivity contribution in [1.82, 2.24) is 5.32 Å². The van der Waals surface area contributed by atoms with Crippen molar-refractivity contribution in [2.75, 3.05) is 26.0 Å². The van der Waals surface area contributed by atoms with E-state index in [-0.39, 0.29) is 5.82 Å². The molecule has 0 amide bonds. The van der Waals surface area contributed by atoms with Crippen LogP contribution in [0.3, 0.4) is 0 Å². The smallest absolute Gasteiger partial charge is 0.169 e. The van der Waals surface area contributed by atoms with Crippen LogP contribution in [0.5, 0.6) is 5.75 Å². The van der Waals surface area contributed by atoms with E-state index in [9.17, 15) is 4.39 Å². The van der Waals surface area contributed by atoms with Gasteiger partial charge < -0.3 is 10.1 Å². The molecule has 1 fully saturated rings. The number of nitrogens with one attached hydrogen (secondary N) is 1. The minimum Gasteiger partial charge on any atom is -0.494 e. The van der Waals surface area contributed by atoms with Gasteiger partial charge in [-0.25, -0.2) is 4.39 Å². The van der Waals surface area contributed by atoms with Gasteiger partial charge in [-0.1, -0.05) is 12.1 Å². The predicted molar refractivity (Wildman–Crippen MR) is 65.5 cm³/mol. The third kappa shape index (κ3) is 2.68. The standard InChI is InChI=1S/C12H16FNOS/c1-15-11-4-2-3-10(12(11)13)8-16-7-9-5-14-6-9/h2-4,9,14H,5-8H2,1H3. The van der Waals surface area contributed by atoms with Gasteiger partial charge in [0.1, 0.15) is 0 Å². The van der Waals surface area contributed by atoms with Crippen molar-refractivity contribution in [3.63, 3.8) is 0 Å². The van der Waals surface area contributed by atoms with Crippen molar-refractivity contribution in [1.29, 1.82) is 0 Å². The quantitative estimate of drug-likeness (QED) is 0.854. The lowest BCUT2D eigenvalue weighted by molar-refractivity contribution is 0.384. The molecule has 4 heteroatoms. The molecule has 2 nitrogen and oxygen atoms in total. The van der Waals surface area contributed by atoms with E-state index < -0.39 is 0 Å². The Balaban J connectivity index is 1.87. The first-order chi connectivity index (χ1) is 7.81. The normalized spacial score (nSPS) is 15.9. The first-order valence-electron chi connectivity index (χ1n) is 5.41. The summed E-state index contributed by atoms with van der Waals surface area (Å²) in [6.07, 6.45) is 0. The highest BCUT2D eigenvalue weighted by Crippen LogP contribution is 2.24. The number of rotatable bonds is 5. The first-order valence-corrected chi connectivity index (χ1v) is 6.56. The summed E-state index contributed by atoms with van der Waals surface area (Å²) in [6.45, 7) is 2.21. The Hall–Kier alpha value is -0.740. The Labute approximate surface area is 99.6 Å². The summed E-state index contributed by atoms with van der Waals surface area (Å²) < 4.78 is 18.7. The van der Waals surface area contributed by atoms with Gasteiger partial charge in [-0.05, 0) is 30.8 Å². The highest BCUT2D eigenvalue weighted by molar-refractivity contribution is 7.98. The molecule has 1 saturated heterocycles. The van der Waals surface area contributed by atoms with Crippen LogP contribution in [0.25, 0.3) is 0 Å². The fourth-order valence-corrected chi connectivity index (χ4v) is 2.76. The molecule has 0 radical (unpaired) electrons. The lowest BCUT2D eigenvalue weighted by Crippen LogP contribution is -2.43. The van der Waals surface area contributed by atoms with Crippen molar-refractivity contribution in [3.8, 4) is 5.75 Å². The molecule has 2 rings (SSSR count). The number of hydrogen-bond donors (Lipinski definition) is 1. The monoisotopic (exact) mass is 241 g/mol. The van der Waals surface area contributed by atoms with Crippen LogP contribution in [0.4, 0.5) is 4.39 Å². The van der Waals surface area contributed by atoms with E-state index in [0.29, 0.717) is 5.75 Å². The van der Waals surface area contributed by atoms with Gasteiger partial charge in [-0.2, -0.15) is 11.8 Å². The van der Waals surface area contributed by atoms with Gasteiger partial charge in [0.05, 0.1) is 7.11 Å². The zero-order chi connectivity index (χ0) is 11.4. The van der Waals surface area contributed by atoms with E-state index in [1.807, 2.05) is 12.1 Å². The SMILES string of the molecule is COc1cccc(CSCC2CNC2)c1F. The molecule has 1 aromatic carbocycles. The Morgan fingerprint density at radius 3 is 2.94 bits per heavy atom. The topological polar surface area (TPSA) is 21.3 Å². The second kappa shape index (κ2) is 5.55. The Bertz CT molecular complexity index is 355. The molecule has 1 aromatic rings. The van der Waals surface area contributed by atoms with Crippen molar-refractivity contribution in [3.05, 3.63) is 29.6 Å². The maximum absolute atomic E-state index is 13.7. The summed E-state index contributed by atoms with van der Waals surface area (Å²) in [5.74, 6) is 2.70. The molecular formula is C12H16FNOS. The summed E-state index contributed by atoms with van der Waals surface area (Å²) in [7, 11) is 1.50. The van der Waals surface area contributed by atoms with Gasteiger partial charge in [0.15, 0.2) is 11.6 Å². The van der Waals surface area contributed by atoms with Gasteiger partial charge >= 0.3 is 0 Å². The maximum Gasteiger partial charge on any atom is 0.169 e. The van der Waals surface area contributed by atoms with E-state index >= 15 is 0 Å². The molecule has 0 aliphatic carbocycles. The first kappa shape index (κ1) is 11.7. The molecule has 0 bridgehead atoms. The fraction of sp³-hybridized carbons (Fsp3) is 0.500. The van der Waals surface area contributed by atoms with Crippen LogP contribution in [0.15, 0.2) is 18.2 Å². The van der Waals surface area contributed by atoms with Crippen LogP contribution in [-0.2, 0) is 5.75 Å². The van der Waals surface area contributed by atoms with Crippen LogP contribution in [0, 0.1) is 11.7 Å². The molecule has 1 N–H and O–H groups in total. The van der Waals surface area contributed by atoms with E-state index in [1.54, 1.807) is 17.8 Å². The van der Waals surface area contributed by atoms with Crippen LogP contribution >= 0.6 is 11.8 Å². The van der Waals surface area contributed by atoms with E-state index in [0.717, 1.165) is 36.1 Å². The number of ether oxygens (including phenoxy) is 1. The highest BCUT2D eigenvalue weighted by atomic mass is 32.2. The van der Waals surface area contributed by atoms with Crippen molar-refractivity contribution in [2.24, 2.45) is 5.92 Å². The lowest BCUT2D eigenvalue weighted by Gasteiger charge is -2.26. The molecule has 16 heavy (non-hydrogen) atoms. The van der Waals surface area contributed by atoms with Gasteiger partial charge in [0, 0.05) is 11.3 Å². The molecule has 1 aliphatic rings. The van der Waals surface area contributed by atoms with E-state index in [4.69, 9.17) is 4.74 Å². The van der Waals surface area contributed by atoms with Crippen LogP contribution in [0.1, 0.15) is 5.56 Å². The molecule has 0 aromatic heterocycles. The lowest BCUT2D eigenvalue weighted by atomic mass is 10.1. The summed E-state index contributed by atoms with van der Waals surface area (Å²) >= 11 is 1.79. The van der Waals surface area contributed by atoms with Crippen LogP contribution in [0.2, 0.25) is 0 Å². The van der Waals surface area contributed by atoms with Crippen molar-refractivity contribution < 1.29 is 9.13 Å². The van der Waals surface area contributed by atoms with Gasteiger partial charge in [0.2, 0.25) is 0 Å². The van der Waals surface area contributed by atoms with Gasteiger partial charge in [-0.3, -0.25) is 0 Å². The van der Waals surface area contributed by atoms with Crippen LogP contribution < -0.4 is 10.1 Å². The summed E-state index contributed by atoms with van der Waals surface area (Å²) in [5.41, 5.74) is 0.733. The Morgan fingerprint density at radius 1 is 1.50 bits per heavy atom. The number of thioether (sulfide) groups is 1. The zero-order valence-corrected chi connectivity index (χ0v) is 10.1. The number of benzene rings is 1. The average molecular weight is 241 g/mol. The van der Waals surface area contributed by atoms with Crippen molar-refractivity contribution in [2.45, 2.75) is 5.75 Å². The molecule has 88 valence electrons. The number of halogens is 1. The Morgan fingerprint density at radius 2 is 2.31 bits per heavy atom. The Kier molecular flexibility index (Phi) is 4.07. The third-order valence-electron chi connectivity index (χ3n) is 2.74. The molecule has 1 aliphatic heterocycles. The predicted octanol–water partition coefficient (Wildman–Crippen LogP) is 2.29. The van der Waals surface area contributed by atoms with Gasteiger partial charge in [0.25, 0.3) is 0 Å². The third-order valence-corrected chi connectivity index (χ3v) is 3.96. The second-order valence-electron chi connectivity index (χ2n) is 3.97. The molecule has 0 saturated carbocycles. The fourth-order valence-electron chi connectivity index (χ4n) is 1.63. The van der Waals surface area contributed by atoms with Crippen molar-refractivity contribution >= 4 is 11.8 Å². The van der Waals surface area contributed by atoms with E-state index in [1.165, 1.54) is 7.11 Å². The van der Waals surface area contributed by atoms with E-state index in [2.05, 4.69) is 5.32 Å². The van der Waals surface area contributed by atoms with Crippen LogP contribution in [-0.4, -0.2) is 26.0 Å². The summed E-state index contributed by atoms with van der Waals surface area (Å²) in [4.78, 5) is 0. The maximum atomic E-state index is 13.7. The summed E-state index contributed by atoms with van der Waals surface area (Å²) in [6, 6.07) is 5.31.